The highest BCUT2D eigenvalue weighted by atomic mass is 19.3. The Kier molecular flexibility index (Phi) is 6.51. The van der Waals surface area contributed by atoms with E-state index in [2.05, 4.69) is 15.2 Å². The zero-order valence-corrected chi connectivity index (χ0v) is 16.7. The summed E-state index contributed by atoms with van der Waals surface area (Å²) < 4.78 is 41.5. The maximum absolute atomic E-state index is 12.4. The van der Waals surface area contributed by atoms with Gasteiger partial charge in [0.05, 0.1) is 7.11 Å². The van der Waals surface area contributed by atoms with E-state index in [1.54, 1.807) is 12.3 Å². The third-order valence-electron chi connectivity index (χ3n) is 4.21. The van der Waals surface area contributed by atoms with Gasteiger partial charge in [-0.05, 0) is 49.2 Å². The molecule has 1 heterocycles. The molecular formula is C21H21F2N3O4. The van der Waals surface area contributed by atoms with Gasteiger partial charge >= 0.3 is 6.61 Å². The van der Waals surface area contributed by atoms with Gasteiger partial charge in [0.2, 0.25) is 0 Å². The fourth-order valence-corrected chi connectivity index (χ4v) is 2.69. The van der Waals surface area contributed by atoms with Gasteiger partial charge in [-0.25, -0.2) is 4.68 Å². The second-order valence-corrected chi connectivity index (χ2v) is 6.48. The molecular weight excluding hydrogens is 396 g/mol. The number of methoxy groups -OCH3 is 1. The van der Waals surface area contributed by atoms with E-state index >= 15 is 0 Å². The van der Waals surface area contributed by atoms with E-state index in [9.17, 15) is 13.6 Å². The van der Waals surface area contributed by atoms with Crippen LogP contribution in [-0.2, 0) is 6.73 Å². The van der Waals surface area contributed by atoms with Gasteiger partial charge in [0.25, 0.3) is 5.91 Å². The van der Waals surface area contributed by atoms with Crippen LogP contribution in [0.2, 0.25) is 0 Å². The lowest BCUT2D eigenvalue weighted by molar-refractivity contribution is -0.0512. The molecule has 30 heavy (non-hydrogen) atoms. The average molecular weight is 417 g/mol. The number of aromatic nitrogens is 2. The molecule has 0 unspecified atom stereocenters. The minimum Gasteiger partial charge on any atom is -0.493 e. The molecule has 3 aromatic rings. The lowest BCUT2D eigenvalue weighted by atomic mass is 10.1. The second-order valence-electron chi connectivity index (χ2n) is 6.48. The minimum atomic E-state index is -2.98. The van der Waals surface area contributed by atoms with E-state index in [-0.39, 0.29) is 23.9 Å². The number of benzene rings is 2. The fourth-order valence-electron chi connectivity index (χ4n) is 2.69. The van der Waals surface area contributed by atoms with Crippen LogP contribution in [0.5, 0.6) is 17.2 Å². The van der Waals surface area contributed by atoms with E-state index < -0.39 is 12.5 Å². The SMILES string of the molecule is COc1cc(NC(=O)c2ccn(COc3cc(C)ccc3C)n2)ccc1OC(F)F. The standard InChI is InChI=1S/C21H21F2N3O4/c1-13-4-5-14(2)18(10-13)29-12-26-9-8-16(25-26)20(27)24-15-6-7-17(30-21(22)23)19(11-15)28-3/h4-11,21H,12H2,1-3H3,(H,24,27). The topological polar surface area (TPSA) is 74.6 Å². The van der Waals surface area contributed by atoms with E-state index in [4.69, 9.17) is 9.47 Å². The van der Waals surface area contributed by atoms with Gasteiger partial charge in [-0.1, -0.05) is 12.1 Å². The molecule has 1 aromatic heterocycles. The Morgan fingerprint density at radius 2 is 1.90 bits per heavy atom. The Bertz CT molecular complexity index is 1040. The van der Waals surface area contributed by atoms with E-state index in [0.717, 1.165) is 16.9 Å². The summed E-state index contributed by atoms with van der Waals surface area (Å²) in [7, 11) is 1.32. The van der Waals surface area contributed by atoms with Gasteiger partial charge < -0.3 is 19.5 Å². The largest absolute Gasteiger partial charge is 0.493 e. The van der Waals surface area contributed by atoms with Crippen LogP contribution in [0.15, 0.2) is 48.7 Å². The monoisotopic (exact) mass is 417 g/mol. The average Bonchev–Trinajstić information content (AvgIpc) is 3.18. The highest BCUT2D eigenvalue weighted by Gasteiger charge is 2.14. The van der Waals surface area contributed by atoms with Crippen molar-refractivity contribution in [2.24, 2.45) is 0 Å². The molecule has 9 heteroatoms. The number of aryl methyl sites for hydroxylation is 2. The van der Waals surface area contributed by atoms with Crippen LogP contribution in [0, 0.1) is 13.8 Å². The Labute approximate surface area is 172 Å². The first-order chi connectivity index (χ1) is 14.4. The number of halogens is 2. The third kappa shape index (κ3) is 5.25. The molecule has 0 aliphatic carbocycles. The number of rotatable bonds is 8. The molecule has 0 saturated carbocycles. The normalized spacial score (nSPS) is 10.7. The van der Waals surface area contributed by atoms with Crippen LogP contribution in [0.3, 0.4) is 0 Å². The molecule has 158 valence electrons. The van der Waals surface area contributed by atoms with Crippen LogP contribution in [0.25, 0.3) is 0 Å². The first kappa shape index (κ1) is 21.1. The molecule has 0 aliphatic heterocycles. The maximum Gasteiger partial charge on any atom is 0.387 e. The molecule has 0 radical (unpaired) electrons. The minimum absolute atomic E-state index is 0.0700. The lowest BCUT2D eigenvalue weighted by Gasteiger charge is -2.11. The van der Waals surface area contributed by atoms with Crippen molar-refractivity contribution >= 4 is 11.6 Å². The van der Waals surface area contributed by atoms with Crippen LogP contribution in [0.4, 0.5) is 14.5 Å². The smallest absolute Gasteiger partial charge is 0.387 e. The Hall–Kier alpha value is -3.62. The van der Waals surface area contributed by atoms with E-state index in [1.165, 1.54) is 30.0 Å². The molecule has 0 bridgehead atoms. The summed E-state index contributed by atoms with van der Waals surface area (Å²) in [5.41, 5.74) is 2.60. The first-order valence-electron chi connectivity index (χ1n) is 9.03. The van der Waals surface area contributed by atoms with Gasteiger partial charge in [0, 0.05) is 18.0 Å². The number of amides is 1. The van der Waals surface area contributed by atoms with Crippen molar-refractivity contribution in [1.82, 2.24) is 9.78 Å². The number of anilines is 1. The quantitative estimate of drug-likeness (QED) is 0.588. The van der Waals surface area contributed by atoms with Crippen molar-refractivity contribution in [3.05, 3.63) is 65.5 Å². The summed E-state index contributed by atoms with van der Waals surface area (Å²) in [6, 6.07) is 11.6. The predicted molar refractivity (Wildman–Crippen MR) is 106 cm³/mol. The molecule has 0 aliphatic rings. The predicted octanol–water partition coefficient (Wildman–Crippen LogP) is 4.40. The zero-order valence-electron chi connectivity index (χ0n) is 16.7. The summed E-state index contributed by atoms with van der Waals surface area (Å²) in [6.45, 7) is 1.09. The number of nitrogens with one attached hydrogen (secondary N) is 1. The van der Waals surface area contributed by atoms with Crippen molar-refractivity contribution in [1.29, 1.82) is 0 Å². The zero-order chi connectivity index (χ0) is 21.7. The summed E-state index contributed by atoms with van der Waals surface area (Å²) in [6.07, 6.45) is 1.63. The van der Waals surface area contributed by atoms with Crippen LogP contribution < -0.4 is 19.5 Å². The number of hydrogen-bond donors (Lipinski definition) is 1. The van der Waals surface area contributed by atoms with Crippen molar-refractivity contribution in [2.75, 3.05) is 12.4 Å². The van der Waals surface area contributed by atoms with Gasteiger partial charge in [-0.15, -0.1) is 0 Å². The molecule has 1 N–H and O–H groups in total. The van der Waals surface area contributed by atoms with Crippen molar-refractivity contribution in [3.63, 3.8) is 0 Å². The summed E-state index contributed by atoms with van der Waals surface area (Å²) in [4.78, 5) is 12.4. The molecule has 0 atom stereocenters. The molecule has 0 spiro atoms. The lowest BCUT2D eigenvalue weighted by Crippen LogP contribution is -2.14. The van der Waals surface area contributed by atoms with Gasteiger partial charge in [-0.2, -0.15) is 13.9 Å². The number of hydrogen-bond acceptors (Lipinski definition) is 5. The highest BCUT2D eigenvalue weighted by molar-refractivity contribution is 6.02. The highest BCUT2D eigenvalue weighted by Crippen LogP contribution is 2.31. The van der Waals surface area contributed by atoms with Crippen molar-refractivity contribution in [3.8, 4) is 17.2 Å². The van der Waals surface area contributed by atoms with Gasteiger partial charge in [0.15, 0.2) is 23.9 Å². The number of alkyl halides is 2. The van der Waals surface area contributed by atoms with Crippen LogP contribution in [0.1, 0.15) is 21.6 Å². The number of carbonyl (C=O) groups excluding carboxylic acids is 1. The summed E-state index contributed by atoms with van der Waals surface area (Å²) in [5, 5.41) is 6.84. The molecule has 2 aromatic carbocycles. The van der Waals surface area contributed by atoms with E-state index in [0.29, 0.717) is 5.69 Å². The van der Waals surface area contributed by atoms with Crippen molar-refractivity contribution in [2.45, 2.75) is 27.2 Å². The third-order valence-corrected chi connectivity index (χ3v) is 4.21. The molecule has 1 amide bonds. The van der Waals surface area contributed by atoms with Crippen LogP contribution in [-0.4, -0.2) is 29.4 Å². The number of ether oxygens (including phenoxy) is 3. The van der Waals surface area contributed by atoms with Crippen molar-refractivity contribution < 1.29 is 27.8 Å². The Morgan fingerprint density at radius 1 is 1.10 bits per heavy atom. The molecule has 0 fully saturated rings. The summed E-state index contributed by atoms with van der Waals surface area (Å²) >= 11 is 0. The van der Waals surface area contributed by atoms with Gasteiger partial charge in [-0.3, -0.25) is 4.79 Å². The molecule has 7 nitrogen and oxygen atoms in total. The number of nitrogens with zero attached hydrogens (tertiary/aromatic N) is 2. The maximum atomic E-state index is 12.4. The first-order valence-corrected chi connectivity index (χ1v) is 9.03. The van der Waals surface area contributed by atoms with E-state index in [1.807, 2.05) is 32.0 Å². The molecule has 0 saturated heterocycles. The molecule has 3 rings (SSSR count). The second kappa shape index (κ2) is 9.25. The Balaban J connectivity index is 1.64. The fraction of sp³-hybridized carbons (Fsp3) is 0.238. The summed E-state index contributed by atoms with van der Waals surface area (Å²) in [5.74, 6) is 0.221. The number of carbonyl (C=O) groups is 1. The Morgan fingerprint density at radius 3 is 2.63 bits per heavy atom. The van der Waals surface area contributed by atoms with Crippen LogP contribution >= 0.6 is 0 Å². The van der Waals surface area contributed by atoms with Gasteiger partial charge in [0.1, 0.15) is 5.75 Å².